The second kappa shape index (κ2) is 18.1. The van der Waals surface area contributed by atoms with Crippen LogP contribution in [0.1, 0.15) is 87.8 Å². The fourth-order valence-electron chi connectivity index (χ4n) is 5.24. The standard InChI is InChI=1S/C21H25.C16H16.C5H5.2ClH.Zr/c1-20(2,3)16-7-9-18-14(12-16)11-15-13-17(21(4,5)6)8-10-19(15)18;1-3-9-15(10-4-1)13-7-8-14-16-11-5-2-6-12-16;1-2-4-5-3-1;;;/h7-10,12H,11H2,1-6H3;1-6,9-12H,7,13-14H2;1-3H,4H2;2*1H;/q-1;;-1;;;+2/p-2. The third kappa shape index (κ3) is 12.1. The second-order valence-electron chi connectivity index (χ2n) is 13.6. The van der Waals surface area contributed by atoms with Gasteiger partial charge in [0.25, 0.3) is 0 Å². The molecule has 0 spiro atoms. The molecule has 0 fully saturated rings. The van der Waals surface area contributed by atoms with Crippen LogP contribution >= 0.6 is 0 Å². The Morgan fingerprint density at radius 1 is 0.733 bits per heavy atom. The van der Waals surface area contributed by atoms with Gasteiger partial charge in [0, 0.05) is 0 Å². The average Bonchev–Trinajstić information content (AvgIpc) is 3.68. The van der Waals surface area contributed by atoms with Crippen molar-refractivity contribution in [2.24, 2.45) is 0 Å². The first-order valence-electron chi connectivity index (χ1n) is 15.6. The van der Waals surface area contributed by atoms with Crippen molar-refractivity contribution in [1.29, 1.82) is 0 Å². The van der Waals surface area contributed by atoms with Crippen LogP contribution in [0.3, 0.4) is 0 Å². The topological polar surface area (TPSA) is 0 Å². The molecule has 234 valence electrons. The predicted octanol–water partition coefficient (Wildman–Crippen LogP) is 4.55. The normalized spacial score (nSPS) is 12.4. The van der Waals surface area contributed by atoms with Gasteiger partial charge in [-0.05, 0) is 28.4 Å². The number of fused-ring (bicyclic) bond motifs is 3. The molecule has 0 aliphatic heterocycles. The Hall–Kier alpha value is -2.31. The van der Waals surface area contributed by atoms with Crippen molar-refractivity contribution in [2.75, 3.05) is 0 Å². The summed E-state index contributed by atoms with van der Waals surface area (Å²) in [5, 5.41) is 0. The predicted molar refractivity (Wildman–Crippen MR) is 182 cm³/mol. The summed E-state index contributed by atoms with van der Waals surface area (Å²) in [7, 11) is 0. The van der Waals surface area contributed by atoms with Crippen molar-refractivity contribution in [3.8, 4) is 11.1 Å². The van der Waals surface area contributed by atoms with Crippen LogP contribution in [0.25, 0.3) is 11.1 Å². The van der Waals surface area contributed by atoms with Crippen molar-refractivity contribution >= 4 is 3.21 Å². The Balaban J connectivity index is 0.000000265. The maximum absolute atomic E-state index is 3.67. The Morgan fingerprint density at radius 2 is 1.36 bits per heavy atom. The van der Waals surface area contributed by atoms with Crippen LogP contribution in [0.15, 0.2) is 109 Å². The Kier molecular flexibility index (Phi) is 15.7. The van der Waals surface area contributed by atoms with E-state index in [1.54, 1.807) is 27.4 Å². The van der Waals surface area contributed by atoms with E-state index in [0.29, 0.717) is 0 Å². The van der Waals surface area contributed by atoms with Gasteiger partial charge in [-0.1, -0.05) is 65.3 Å². The molecule has 0 bridgehead atoms. The van der Waals surface area contributed by atoms with E-state index in [1.807, 2.05) is 12.2 Å². The van der Waals surface area contributed by atoms with Gasteiger partial charge in [-0.25, -0.2) is 12.2 Å². The molecule has 4 aromatic rings. The van der Waals surface area contributed by atoms with E-state index in [2.05, 4.69) is 151 Å². The van der Waals surface area contributed by atoms with Crippen LogP contribution in [0, 0.1) is 12.1 Å². The third-order valence-electron chi connectivity index (χ3n) is 7.87. The van der Waals surface area contributed by atoms with Crippen LogP contribution in [0.2, 0.25) is 0 Å². The van der Waals surface area contributed by atoms with Gasteiger partial charge in [-0.15, -0.1) is 17.5 Å². The summed E-state index contributed by atoms with van der Waals surface area (Å²) in [4.78, 5) is 0. The summed E-state index contributed by atoms with van der Waals surface area (Å²) >= 11 is 1.57. The molecule has 0 amide bonds. The number of allylic oxidation sites excluding steroid dienone is 4. The Labute approximate surface area is 300 Å². The monoisotopic (exact) mass is 710 g/mol. The van der Waals surface area contributed by atoms with E-state index < -0.39 is 0 Å². The van der Waals surface area contributed by atoms with Crippen molar-refractivity contribution in [3.63, 3.8) is 0 Å². The summed E-state index contributed by atoms with van der Waals surface area (Å²) in [5.41, 5.74) is 11.6. The zero-order chi connectivity index (χ0) is 30.9. The minimum atomic E-state index is 0. The number of halogens is 2. The molecule has 0 N–H and O–H groups in total. The number of aryl methyl sites for hydroxylation is 1. The molecule has 3 heteroatoms. The molecule has 0 atom stereocenters. The second-order valence-corrected chi connectivity index (χ2v) is 15.3. The molecular weight excluding hydrogens is 667 g/mol. The van der Waals surface area contributed by atoms with Gasteiger partial charge in [0.2, 0.25) is 0 Å². The van der Waals surface area contributed by atoms with Gasteiger partial charge in [-0.3, -0.25) is 6.08 Å². The number of hydrogen-bond donors (Lipinski definition) is 0. The summed E-state index contributed by atoms with van der Waals surface area (Å²) in [6.07, 6.45) is 14.6. The summed E-state index contributed by atoms with van der Waals surface area (Å²) in [6, 6.07) is 36.7. The van der Waals surface area contributed by atoms with E-state index in [0.717, 1.165) is 19.3 Å². The van der Waals surface area contributed by atoms with Crippen LogP contribution in [0.4, 0.5) is 0 Å². The molecule has 0 nitrogen and oxygen atoms in total. The third-order valence-corrected chi connectivity index (χ3v) is 8.92. The number of benzene rings is 4. The quantitative estimate of drug-likeness (QED) is 0.235. The zero-order valence-electron chi connectivity index (χ0n) is 27.7. The SMILES string of the molecule is CC(C)(C)c1[c-]c2c(cc1)-c1ccc(C(C)(C)C)cc1C2.[C-]1=CC=CC1.[Cl-].[Cl-].[Zr+2]=[C](CCc1ccccc1)Cc1ccccc1. The first kappa shape index (κ1) is 38.9. The van der Waals surface area contributed by atoms with Crippen molar-refractivity contribution in [1.82, 2.24) is 0 Å². The Bertz CT molecular complexity index is 1480. The van der Waals surface area contributed by atoms with Crippen LogP contribution in [-0.4, -0.2) is 3.21 Å². The summed E-state index contributed by atoms with van der Waals surface area (Å²) in [5.74, 6) is 0. The molecule has 0 radical (unpaired) electrons. The van der Waals surface area contributed by atoms with Gasteiger partial charge in [0.15, 0.2) is 0 Å². The fourth-order valence-corrected chi connectivity index (χ4v) is 6.05. The van der Waals surface area contributed by atoms with E-state index >= 15 is 0 Å². The molecule has 45 heavy (non-hydrogen) atoms. The molecule has 4 aromatic carbocycles. The molecule has 0 saturated carbocycles. The van der Waals surface area contributed by atoms with E-state index in [-0.39, 0.29) is 35.6 Å². The minimum absolute atomic E-state index is 0. The van der Waals surface area contributed by atoms with Gasteiger partial charge >= 0.3 is 118 Å². The molecule has 6 rings (SSSR count). The van der Waals surface area contributed by atoms with Crippen LogP contribution in [0.5, 0.6) is 0 Å². The van der Waals surface area contributed by atoms with E-state index in [1.165, 1.54) is 57.3 Å². The number of rotatable bonds is 5. The Morgan fingerprint density at radius 3 is 1.89 bits per heavy atom. The van der Waals surface area contributed by atoms with Crippen molar-refractivity contribution in [3.05, 3.63) is 155 Å². The van der Waals surface area contributed by atoms with Crippen LogP contribution in [-0.2, 0) is 54.3 Å². The maximum atomic E-state index is 3.67. The fraction of sp³-hybridized carbons (Fsp3) is 0.310. The molecule has 0 saturated heterocycles. The van der Waals surface area contributed by atoms with Crippen molar-refractivity contribution < 1.29 is 49.0 Å². The molecule has 0 heterocycles. The van der Waals surface area contributed by atoms with E-state index in [4.69, 9.17) is 0 Å². The van der Waals surface area contributed by atoms with Gasteiger partial charge in [0.1, 0.15) is 0 Å². The average molecular weight is 713 g/mol. The van der Waals surface area contributed by atoms with Crippen LogP contribution < -0.4 is 24.8 Å². The van der Waals surface area contributed by atoms with Gasteiger partial charge in [-0.2, -0.15) is 29.8 Å². The zero-order valence-corrected chi connectivity index (χ0v) is 31.7. The molecular formula is C42H46Cl2Zr-2. The summed E-state index contributed by atoms with van der Waals surface area (Å²) < 4.78 is 1.65. The first-order valence-corrected chi connectivity index (χ1v) is 16.8. The molecule has 0 aromatic heterocycles. The van der Waals surface area contributed by atoms with Crippen molar-refractivity contribution in [2.45, 2.75) is 84.5 Å². The van der Waals surface area contributed by atoms with E-state index in [9.17, 15) is 0 Å². The summed E-state index contributed by atoms with van der Waals surface area (Å²) in [6.45, 7) is 13.6. The first-order chi connectivity index (χ1) is 20.5. The number of hydrogen-bond acceptors (Lipinski definition) is 0. The molecule has 2 aliphatic carbocycles. The molecule has 0 unspecified atom stereocenters. The molecule has 2 aliphatic rings. The van der Waals surface area contributed by atoms with Gasteiger partial charge < -0.3 is 24.8 Å². The van der Waals surface area contributed by atoms with Gasteiger partial charge in [0.05, 0.1) is 0 Å².